The molecule has 2 heterocycles. The lowest BCUT2D eigenvalue weighted by Crippen LogP contribution is -2.30. The lowest BCUT2D eigenvalue weighted by atomic mass is 10.1. The van der Waals surface area contributed by atoms with Crippen LogP contribution < -0.4 is 0 Å². The number of aryl methyl sites for hydroxylation is 1. The molecule has 2 aromatic heterocycles. The van der Waals surface area contributed by atoms with Gasteiger partial charge >= 0.3 is 0 Å². The van der Waals surface area contributed by atoms with Crippen molar-refractivity contribution in [1.82, 2.24) is 19.5 Å². The van der Waals surface area contributed by atoms with Crippen LogP contribution in [0.25, 0.3) is 5.65 Å². The molecule has 0 aliphatic rings. The van der Waals surface area contributed by atoms with Crippen molar-refractivity contribution in [1.29, 1.82) is 0 Å². The van der Waals surface area contributed by atoms with Gasteiger partial charge in [-0.25, -0.2) is 9.50 Å². The highest BCUT2D eigenvalue weighted by atomic mass is 16.6. The third-order valence-corrected chi connectivity index (χ3v) is 3.90. The van der Waals surface area contributed by atoms with Gasteiger partial charge in [-0.2, -0.15) is 5.10 Å². The van der Waals surface area contributed by atoms with Crippen LogP contribution in [0.1, 0.15) is 28.5 Å². The molecule has 8 heteroatoms. The Morgan fingerprint density at radius 2 is 2.16 bits per heavy atom. The van der Waals surface area contributed by atoms with Crippen LogP contribution in [-0.4, -0.2) is 36.9 Å². The molecular formula is C17H17N5O3. The molecule has 0 aliphatic carbocycles. The highest BCUT2D eigenvalue weighted by Gasteiger charge is 2.20. The van der Waals surface area contributed by atoms with Gasteiger partial charge in [-0.05, 0) is 25.5 Å². The molecule has 0 unspecified atom stereocenters. The number of rotatable bonds is 5. The number of nitrogens with zero attached hydrogens (tertiary/aromatic N) is 5. The zero-order chi connectivity index (χ0) is 18.0. The summed E-state index contributed by atoms with van der Waals surface area (Å²) in [5, 5.41) is 15.1. The Hall–Kier alpha value is -3.29. The van der Waals surface area contributed by atoms with Gasteiger partial charge in [-0.1, -0.05) is 12.1 Å². The zero-order valence-electron chi connectivity index (χ0n) is 13.9. The number of amides is 1. The summed E-state index contributed by atoms with van der Waals surface area (Å²) in [6.07, 6.45) is 3.26. The highest BCUT2D eigenvalue weighted by molar-refractivity contribution is 5.99. The molecule has 8 nitrogen and oxygen atoms in total. The molecule has 1 amide bonds. The van der Waals surface area contributed by atoms with Gasteiger partial charge in [0.25, 0.3) is 11.6 Å². The fourth-order valence-corrected chi connectivity index (χ4v) is 2.60. The van der Waals surface area contributed by atoms with Crippen molar-refractivity contribution in [2.24, 2.45) is 0 Å². The average Bonchev–Trinajstić information content (AvgIpc) is 3.02. The monoisotopic (exact) mass is 339 g/mol. The van der Waals surface area contributed by atoms with Crippen molar-refractivity contribution in [3.8, 4) is 0 Å². The van der Waals surface area contributed by atoms with Crippen LogP contribution in [0.4, 0.5) is 5.69 Å². The van der Waals surface area contributed by atoms with E-state index >= 15 is 0 Å². The van der Waals surface area contributed by atoms with Crippen molar-refractivity contribution in [2.45, 2.75) is 20.4 Å². The molecule has 0 bridgehead atoms. The second-order valence-electron chi connectivity index (χ2n) is 5.64. The van der Waals surface area contributed by atoms with E-state index in [-0.39, 0.29) is 18.1 Å². The first-order valence-corrected chi connectivity index (χ1v) is 7.83. The SMILES string of the molecule is CCN(Cc1cccc([N+](=O)[O-])c1)C(=O)c1cnn2ccc(C)nc12. The summed E-state index contributed by atoms with van der Waals surface area (Å²) in [5.74, 6) is -0.206. The number of fused-ring (bicyclic) bond motifs is 1. The van der Waals surface area contributed by atoms with Crippen LogP contribution in [0.3, 0.4) is 0 Å². The van der Waals surface area contributed by atoms with Crippen molar-refractivity contribution in [2.75, 3.05) is 6.54 Å². The molecule has 0 fully saturated rings. The van der Waals surface area contributed by atoms with Gasteiger partial charge < -0.3 is 4.90 Å². The predicted molar refractivity (Wildman–Crippen MR) is 91.2 cm³/mol. The largest absolute Gasteiger partial charge is 0.334 e. The first kappa shape index (κ1) is 16.6. The minimum atomic E-state index is -0.445. The van der Waals surface area contributed by atoms with E-state index in [1.165, 1.54) is 18.3 Å². The summed E-state index contributed by atoms with van der Waals surface area (Å²) in [7, 11) is 0. The number of nitro benzene ring substituents is 1. The van der Waals surface area contributed by atoms with Crippen molar-refractivity contribution >= 4 is 17.2 Å². The van der Waals surface area contributed by atoms with Crippen LogP contribution in [0, 0.1) is 17.0 Å². The lowest BCUT2D eigenvalue weighted by molar-refractivity contribution is -0.384. The van der Waals surface area contributed by atoms with Gasteiger partial charge in [0.15, 0.2) is 5.65 Å². The molecule has 128 valence electrons. The zero-order valence-corrected chi connectivity index (χ0v) is 13.9. The molecule has 25 heavy (non-hydrogen) atoms. The third kappa shape index (κ3) is 3.32. The number of nitro groups is 1. The van der Waals surface area contributed by atoms with E-state index in [1.807, 2.05) is 19.9 Å². The van der Waals surface area contributed by atoms with Crippen molar-refractivity contribution < 1.29 is 9.72 Å². The average molecular weight is 339 g/mol. The number of hydrogen-bond donors (Lipinski definition) is 0. The number of aromatic nitrogens is 3. The minimum Gasteiger partial charge on any atom is -0.334 e. The predicted octanol–water partition coefficient (Wildman–Crippen LogP) is 2.61. The normalized spacial score (nSPS) is 10.8. The summed E-state index contributed by atoms with van der Waals surface area (Å²) in [5.41, 5.74) is 2.42. The van der Waals surface area contributed by atoms with Gasteiger partial charge in [0, 0.05) is 37.1 Å². The standard InChI is InChI=1S/C17H17N5O3/c1-3-20(11-13-5-4-6-14(9-13)22(24)25)17(23)15-10-18-21-8-7-12(2)19-16(15)21/h4-10H,3,11H2,1-2H3. The van der Waals surface area contributed by atoms with Crippen LogP contribution in [0.2, 0.25) is 0 Å². The Morgan fingerprint density at radius 1 is 1.36 bits per heavy atom. The number of carbonyl (C=O) groups is 1. The van der Waals surface area contributed by atoms with Crippen molar-refractivity contribution in [3.63, 3.8) is 0 Å². The first-order chi connectivity index (χ1) is 12.0. The number of carbonyl (C=O) groups excluding carboxylic acids is 1. The van der Waals surface area contributed by atoms with Gasteiger partial charge in [-0.15, -0.1) is 0 Å². The summed E-state index contributed by atoms with van der Waals surface area (Å²) in [6.45, 7) is 4.45. The van der Waals surface area contributed by atoms with Crippen molar-refractivity contribution in [3.05, 3.63) is 69.7 Å². The Bertz CT molecular complexity index is 950. The Labute approximate surface area is 143 Å². The summed E-state index contributed by atoms with van der Waals surface area (Å²) < 4.78 is 1.56. The molecular weight excluding hydrogens is 322 g/mol. The molecule has 0 saturated heterocycles. The van der Waals surface area contributed by atoms with Gasteiger partial charge in [-0.3, -0.25) is 14.9 Å². The number of non-ortho nitro benzene ring substituents is 1. The second-order valence-corrected chi connectivity index (χ2v) is 5.64. The second kappa shape index (κ2) is 6.68. The molecule has 0 aliphatic heterocycles. The van der Waals surface area contributed by atoms with Crippen LogP contribution in [0.5, 0.6) is 0 Å². The van der Waals surface area contributed by atoms with Crippen LogP contribution >= 0.6 is 0 Å². The minimum absolute atomic E-state index is 0.00859. The van der Waals surface area contributed by atoms with Crippen LogP contribution in [0.15, 0.2) is 42.7 Å². The Balaban J connectivity index is 1.89. The van der Waals surface area contributed by atoms with E-state index in [4.69, 9.17) is 0 Å². The van der Waals surface area contributed by atoms with E-state index in [0.717, 1.165) is 5.69 Å². The molecule has 3 rings (SSSR count). The van der Waals surface area contributed by atoms with E-state index < -0.39 is 4.92 Å². The van der Waals surface area contributed by atoms with E-state index in [1.54, 1.807) is 27.7 Å². The molecule has 0 spiro atoms. The maximum absolute atomic E-state index is 12.9. The molecule has 1 aromatic carbocycles. The fraction of sp³-hybridized carbons (Fsp3) is 0.235. The summed E-state index contributed by atoms with van der Waals surface area (Å²) in [6, 6.07) is 8.11. The third-order valence-electron chi connectivity index (χ3n) is 3.90. The smallest absolute Gasteiger partial charge is 0.269 e. The van der Waals surface area contributed by atoms with Gasteiger partial charge in [0.1, 0.15) is 5.56 Å². The van der Waals surface area contributed by atoms with Gasteiger partial charge in [0.2, 0.25) is 0 Å². The maximum atomic E-state index is 12.9. The molecule has 0 N–H and O–H groups in total. The highest BCUT2D eigenvalue weighted by Crippen LogP contribution is 2.17. The Kier molecular flexibility index (Phi) is 4.42. The molecule has 0 saturated carbocycles. The first-order valence-electron chi connectivity index (χ1n) is 7.83. The van der Waals surface area contributed by atoms with E-state index in [0.29, 0.717) is 23.3 Å². The summed E-state index contributed by atoms with van der Waals surface area (Å²) >= 11 is 0. The fourth-order valence-electron chi connectivity index (χ4n) is 2.60. The topological polar surface area (TPSA) is 93.6 Å². The molecule has 3 aromatic rings. The number of benzene rings is 1. The molecule has 0 radical (unpaired) electrons. The Morgan fingerprint density at radius 3 is 2.88 bits per heavy atom. The number of hydrogen-bond acceptors (Lipinski definition) is 5. The van der Waals surface area contributed by atoms with E-state index in [2.05, 4.69) is 10.1 Å². The van der Waals surface area contributed by atoms with Gasteiger partial charge in [0.05, 0.1) is 11.1 Å². The lowest BCUT2D eigenvalue weighted by Gasteiger charge is -2.20. The van der Waals surface area contributed by atoms with Crippen LogP contribution in [-0.2, 0) is 6.54 Å². The molecule has 0 atom stereocenters. The summed E-state index contributed by atoms with van der Waals surface area (Å²) in [4.78, 5) is 29.3. The quantitative estimate of drug-likeness (QED) is 0.526. The van der Waals surface area contributed by atoms with E-state index in [9.17, 15) is 14.9 Å². The maximum Gasteiger partial charge on any atom is 0.269 e.